The number of hydrogen-bond donors (Lipinski definition) is 0. The summed E-state index contributed by atoms with van der Waals surface area (Å²) in [6, 6.07) is 11.1. The molecule has 21 heavy (non-hydrogen) atoms. The van der Waals surface area contributed by atoms with E-state index in [0.717, 1.165) is 5.56 Å². The van der Waals surface area contributed by atoms with E-state index in [4.69, 9.17) is 4.74 Å². The first-order chi connectivity index (χ1) is 10.1. The van der Waals surface area contributed by atoms with Crippen molar-refractivity contribution in [2.75, 3.05) is 0 Å². The van der Waals surface area contributed by atoms with Crippen LogP contribution in [0.2, 0.25) is 0 Å². The van der Waals surface area contributed by atoms with Gasteiger partial charge in [0.2, 0.25) is 5.88 Å². The van der Waals surface area contributed by atoms with Gasteiger partial charge < -0.3 is 9.47 Å². The zero-order valence-electron chi connectivity index (χ0n) is 12.0. The number of nitrogens with zero attached hydrogens (tertiary/aromatic N) is 1. The summed E-state index contributed by atoms with van der Waals surface area (Å²) in [6.45, 7) is 1.03. The van der Waals surface area contributed by atoms with Crippen LogP contribution in [0.5, 0.6) is 11.6 Å². The molecule has 0 aliphatic heterocycles. The molecule has 0 saturated heterocycles. The van der Waals surface area contributed by atoms with Gasteiger partial charge in [-0.3, -0.25) is 0 Å². The summed E-state index contributed by atoms with van der Waals surface area (Å²) in [7, 11) is 0. The van der Waals surface area contributed by atoms with Gasteiger partial charge in [0.25, 0.3) is 0 Å². The maximum atomic E-state index is 12.5. The molecule has 1 aromatic carbocycles. The second-order valence-electron chi connectivity index (χ2n) is 4.55. The molecule has 0 aliphatic rings. The van der Waals surface area contributed by atoms with Gasteiger partial charge in [-0.05, 0) is 18.9 Å². The average Bonchev–Trinajstić information content (AvgIpc) is 2.45. The summed E-state index contributed by atoms with van der Waals surface area (Å²) < 4.78 is 35.2. The van der Waals surface area contributed by atoms with Crippen LogP contribution in [-0.4, -0.2) is 11.6 Å². The molecule has 1 aromatic heterocycles. The lowest BCUT2D eigenvalue weighted by molar-refractivity contribution is -0.0506. The predicted octanol–water partition coefficient (Wildman–Crippen LogP) is 4.13. The number of aromatic nitrogens is 1. The Bertz CT molecular complexity index is 588. The van der Waals surface area contributed by atoms with Crippen molar-refractivity contribution in [2.24, 2.45) is 0 Å². The van der Waals surface area contributed by atoms with Crippen LogP contribution in [0.25, 0.3) is 0 Å². The summed E-state index contributed by atoms with van der Waals surface area (Å²) in [5.41, 5.74) is 2.11. The fourth-order valence-electron chi connectivity index (χ4n) is 2.01. The molecule has 0 saturated carbocycles. The standard InChI is InChI=1S/C16H17F2NO2/c1-3-13-14(21-16(17)18)9-11(2)19-15(13)20-10-12-7-5-4-6-8-12/h4-9,16H,3,10H2,1-2H3. The topological polar surface area (TPSA) is 31.4 Å². The molecule has 5 heteroatoms. The minimum Gasteiger partial charge on any atom is -0.472 e. The molecule has 0 aliphatic carbocycles. The number of halogens is 2. The summed E-state index contributed by atoms with van der Waals surface area (Å²) >= 11 is 0. The first-order valence-corrected chi connectivity index (χ1v) is 6.72. The molecule has 0 atom stereocenters. The van der Waals surface area contributed by atoms with Gasteiger partial charge in [0, 0.05) is 11.8 Å². The van der Waals surface area contributed by atoms with Crippen molar-refractivity contribution < 1.29 is 18.3 Å². The minimum absolute atomic E-state index is 0.128. The van der Waals surface area contributed by atoms with E-state index in [2.05, 4.69) is 9.72 Å². The van der Waals surface area contributed by atoms with Crippen LogP contribution in [0.3, 0.4) is 0 Å². The lowest BCUT2D eigenvalue weighted by atomic mass is 10.1. The van der Waals surface area contributed by atoms with Crippen molar-refractivity contribution in [1.29, 1.82) is 0 Å². The first-order valence-electron chi connectivity index (χ1n) is 6.72. The van der Waals surface area contributed by atoms with E-state index in [-0.39, 0.29) is 5.75 Å². The van der Waals surface area contributed by atoms with E-state index in [1.807, 2.05) is 37.3 Å². The van der Waals surface area contributed by atoms with Gasteiger partial charge in [-0.25, -0.2) is 4.98 Å². The van der Waals surface area contributed by atoms with Crippen molar-refractivity contribution in [1.82, 2.24) is 4.98 Å². The zero-order chi connectivity index (χ0) is 15.2. The predicted molar refractivity (Wildman–Crippen MR) is 75.8 cm³/mol. The highest BCUT2D eigenvalue weighted by Crippen LogP contribution is 2.30. The highest BCUT2D eigenvalue weighted by molar-refractivity contribution is 5.42. The molecule has 3 nitrogen and oxygen atoms in total. The van der Waals surface area contributed by atoms with Crippen LogP contribution in [0.1, 0.15) is 23.7 Å². The molecular formula is C16H17F2NO2. The van der Waals surface area contributed by atoms with Gasteiger partial charge in [0.15, 0.2) is 0 Å². The Hall–Kier alpha value is -2.17. The van der Waals surface area contributed by atoms with Gasteiger partial charge in [-0.2, -0.15) is 8.78 Å². The number of aryl methyl sites for hydroxylation is 1. The Morgan fingerprint density at radius 3 is 2.52 bits per heavy atom. The van der Waals surface area contributed by atoms with Crippen molar-refractivity contribution in [3.8, 4) is 11.6 Å². The van der Waals surface area contributed by atoms with E-state index >= 15 is 0 Å². The van der Waals surface area contributed by atoms with E-state index in [1.54, 1.807) is 6.92 Å². The van der Waals surface area contributed by atoms with Crippen LogP contribution >= 0.6 is 0 Å². The molecule has 0 N–H and O–H groups in total. The monoisotopic (exact) mass is 293 g/mol. The smallest absolute Gasteiger partial charge is 0.387 e. The van der Waals surface area contributed by atoms with E-state index in [1.165, 1.54) is 6.07 Å². The number of alkyl halides is 2. The quantitative estimate of drug-likeness (QED) is 0.802. The largest absolute Gasteiger partial charge is 0.472 e. The number of hydrogen-bond acceptors (Lipinski definition) is 3. The summed E-state index contributed by atoms with van der Waals surface area (Å²) in [5.74, 6) is 0.472. The van der Waals surface area contributed by atoms with Gasteiger partial charge in [-0.15, -0.1) is 0 Å². The highest BCUT2D eigenvalue weighted by atomic mass is 19.3. The molecule has 0 radical (unpaired) electrons. The minimum atomic E-state index is -2.86. The van der Waals surface area contributed by atoms with Crippen molar-refractivity contribution >= 4 is 0 Å². The lowest BCUT2D eigenvalue weighted by Gasteiger charge is -2.15. The van der Waals surface area contributed by atoms with Gasteiger partial charge >= 0.3 is 6.61 Å². The van der Waals surface area contributed by atoms with Crippen molar-refractivity contribution in [3.05, 3.63) is 53.2 Å². The van der Waals surface area contributed by atoms with Crippen LogP contribution in [0.15, 0.2) is 36.4 Å². The molecular weight excluding hydrogens is 276 g/mol. The Kier molecular flexibility index (Phi) is 5.09. The second kappa shape index (κ2) is 7.02. The fraction of sp³-hybridized carbons (Fsp3) is 0.312. The molecule has 0 bridgehead atoms. The molecule has 0 spiro atoms. The van der Waals surface area contributed by atoms with Crippen LogP contribution < -0.4 is 9.47 Å². The van der Waals surface area contributed by atoms with Crippen molar-refractivity contribution in [3.63, 3.8) is 0 Å². The summed E-state index contributed by atoms with van der Waals surface area (Å²) in [4.78, 5) is 4.28. The third-order valence-electron chi connectivity index (χ3n) is 2.96. The van der Waals surface area contributed by atoms with Crippen LogP contribution in [0.4, 0.5) is 8.78 Å². The lowest BCUT2D eigenvalue weighted by Crippen LogP contribution is -2.08. The highest BCUT2D eigenvalue weighted by Gasteiger charge is 2.16. The molecule has 0 amide bonds. The van der Waals surface area contributed by atoms with Crippen molar-refractivity contribution in [2.45, 2.75) is 33.5 Å². The third-order valence-corrected chi connectivity index (χ3v) is 2.96. The second-order valence-corrected chi connectivity index (χ2v) is 4.55. The normalized spacial score (nSPS) is 10.7. The molecule has 2 rings (SSSR count). The third kappa shape index (κ3) is 4.15. The summed E-state index contributed by atoms with van der Waals surface area (Å²) in [5, 5.41) is 0. The van der Waals surface area contributed by atoms with Crippen LogP contribution in [0, 0.1) is 6.92 Å². The Morgan fingerprint density at radius 1 is 1.19 bits per heavy atom. The Morgan fingerprint density at radius 2 is 1.90 bits per heavy atom. The average molecular weight is 293 g/mol. The molecule has 1 heterocycles. The SMILES string of the molecule is CCc1c(OC(F)F)cc(C)nc1OCc1ccccc1. The zero-order valence-corrected chi connectivity index (χ0v) is 12.0. The maximum Gasteiger partial charge on any atom is 0.387 e. The van der Waals surface area contributed by atoms with E-state index < -0.39 is 6.61 Å². The molecule has 0 fully saturated rings. The molecule has 2 aromatic rings. The Labute approximate surface area is 122 Å². The maximum absolute atomic E-state index is 12.5. The molecule has 112 valence electrons. The van der Waals surface area contributed by atoms with Gasteiger partial charge in [-0.1, -0.05) is 37.3 Å². The van der Waals surface area contributed by atoms with E-state index in [9.17, 15) is 8.78 Å². The van der Waals surface area contributed by atoms with Gasteiger partial charge in [0.1, 0.15) is 12.4 Å². The molecule has 0 unspecified atom stereocenters. The van der Waals surface area contributed by atoms with E-state index in [0.29, 0.717) is 30.2 Å². The number of pyridine rings is 1. The van der Waals surface area contributed by atoms with Crippen LogP contribution in [-0.2, 0) is 13.0 Å². The fourth-order valence-corrected chi connectivity index (χ4v) is 2.01. The first kappa shape index (κ1) is 15.2. The summed E-state index contributed by atoms with van der Waals surface area (Å²) in [6.07, 6.45) is 0.499. The Balaban J connectivity index is 2.23. The number of benzene rings is 1. The number of ether oxygens (including phenoxy) is 2. The number of rotatable bonds is 6. The van der Waals surface area contributed by atoms with Gasteiger partial charge in [0.05, 0.1) is 5.56 Å².